The van der Waals surface area contributed by atoms with Gasteiger partial charge in [0, 0.05) is 19.7 Å². The minimum Gasteiger partial charge on any atom is -0.494 e. The predicted molar refractivity (Wildman–Crippen MR) is 84.2 cm³/mol. The Morgan fingerprint density at radius 3 is 2.30 bits per heavy atom. The standard InChI is InChI=1S/C15H21NO6S/c1-16(11-15(18)19)14(17)5-3-4-10-22-12-6-8-13(9-7-12)23(2,20)21/h6-9H,3-5,10-11H2,1-2H3,(H,18,19). The lowest BCUT2D eigenvalue weighted by molar-refractivity contribution is -0.143. The van der Waals surface area contributed by atoms with Crippen molar-refractivity contribution in [3.63, 3.8) is 0 Å². The van der Waals surface area contributed by atoms with Crippen molar-refractivity contribution in [3.05, 3.63) is 24.3 Å². The number of aliphatic carboxylic acids is 1. The molecule has 1 aromatic carbocycles. The van der Waals surface area contributed by atoms with Crippen LogP contribution in [0.15, 0.2) is 29.2 Å². The number of benzene rings is 1. The van der Waals surface area contributed by atoms with E-state index in [0.29, 0.717) is 25.2 Å². The Balaban J connectivity index is 2.27. The summed E-state index contributed by atoms with van der Waals surface area (Å²) in [6.07, 6.45) is 2.63. The minimum atomic E-state index is -3.21. The summed E-state index contributed by atoms with van der Waals surface area (Å²) in [5, 5.41) is 8.59. The molecule has 0 unspecified atom stereocenters. The predicted octanol–water partition coefficient (Wildman–Crippen LogP) is 1.18. The molecule has 0 spiro atoms. The van der Waals surface area contributed by atoms with E-state index >= 15 is 0 Å². The van der Waals surface area contributed by atoms with Crippen molar-refractivity contribution in [1.29, 1.82) is 0 Å². The molecule has 0 radical (unpaired) electrons. The number of unbranched alkanes of at least 4 members (excludes halogenated alkanes) is 1. The number of likely N-dealkylation sites (N-methyl/N-ethyl adjacent to an activating group) is 1. The van der Waals surface area contributed by atoms with E-state index in [-0.39, 0.29) is 23.8 Å². The normalized spacial score (nSPS) is 11.0. The molecular formula is C15H21NO6S. The van der Waals surface area contributed by atoms with Gasteiger partial charge in [-0.1, -0.05) is 0 Å². The summed E-state index contributed by atoms with van der Waals surface area (Å²) in [5.74, 6) is -0.696. The van der Waals surface area contributed by atoms with Gasteiger partial charge in [0.15, 0.2) is 9.84 Å². The number of ether oxygens (including phenoxy) is 1. The van der Waals surface area contributed by atoms with Crippen LogP contribution in [0.3, 0.4) is 0 Å². The summed E-state index contributed by atoms with van der Waals surface area (Å²) in [7, 11) is -1.76. The van der Waals surface area contributed by atoms with Gasteiger partial charge >= 0.3 is 5.97 Å². The number of nitrogens with zero attached hydrogens (tertiary/aromatic N) is 1. The second-order valence-corrected chi connectivity index (χ2v) is 7.21. The first-order chi connectivity index (χ1) is 10.7. The number of amides is 1. The molecule has 0 fully saturated rings. The first-order valence-electron chi connectivity index (χ1n) is 7.09. The molecule has 128 valence electrons. The van der Waals surface area contributed by atoms with Crippen LogP contribution in [0.25, 0.3) is 0 Å². The maximum atomic E-state index is 11.6. The highest BCUT2D eigenvalue weighted by Gasteiger charge is 2.11. The summed E-state index contributed by atoms with van der Waals surface area (Å²) in [5.41, 5.74) is 0. The van der Waals surface area contributed by atoms with Crippen molar-refractivity contribution in [1.82, 2.24) is 4.90 Å². The molecule has 0 aliphatic heterocycles. The van der Waals surface area contributed by atoms with Gasteiger partial charge in [-0.15, -0.1) is 0 Å². The molecular weight excluding hydrogens is 322 g/mol. The van der Waals surface area contributed by atoms with Crippen LogP contribution in [0.1, 0.15) is 19.3 Å². The van der Waals surface area contributed by atoms with Crippen molar-refractivity contribution < 1.29 is 27.9 Å². The van der Waals surface area contributed by atoms with Crippen molar-refractivity contribution in [2.75, 3.05) is 26.5 Å². The Kier molecular flexibility index (Phi) is 7.02. The number of hydrogen-bond acceptors (Lipinski definition) is 5. The highest BCUT2D eigenvalue weighted by molar-refractivity contribution is 7.90. The van der Waals surface area contributed by atoms with E-state index in [2.05, 4.69) is 0 Å². The average molecular weight is 343 g/mol. The van der Waals surface area contributed by atoms with Gasteiger partial charge in [-0.05, 0) is 37.1 Å². The van der Waals surface area contributed by atoms with Crippen LogP contribution in [0.5, 0.6) is 5.75 Å². The molecule has 0 saturated carbocycles. The topological polar surface area (TPSA) is 101 Å². The van der Waals surface area contributed by atoms with Gasteiger partial charge in [-0.3, -0.25) is 9.59 Å². The van der Waals surface area contributed by atoms with E-state index in [4.69, 9.17) is 9.84 Å². The summed E-state index contributed by atoms with van der Waals surface area (Å²) >= 11 is 0. The van der Waals surface area contributed by atoms with E-state index in [1.807, 2.05) is 0 Å². The van der Waals surface area contributed by atoms with Gasteiger partial charge in [0.1, 0.15) is 12.3 Å². The zero-order valence-corrected chi connectivity index (χ0v) is 14.0. The first kappa shape index (κ1) is 19.0. The summed E-state index contributed by atoms with van der Waals surface area (Å²) < 4.78 is 28.1. The molecule has 1 aromatic rings. The number of hydrogen-bond donors (Lipinski definition) is 1. The molecule has 1 rings (SSSR count). The van der Waals surface area contributed by atoms with Crippen molar-refractivity contribution >= 4 is 21.7 Å². The number of carbonyl (C=O) groups is 2. The third kappa shape index (κ3) is 7.14. The van der Waals surface area contributed by atoms with Gasteiger partial charge in [0.2, 0.25) is 5.91 Å². The van der Waals surface area contributed by atoms with Crippen LogP contribution in [0.2, 0.25) is 0 Å². The summed E-state index contributed by atoms with van der Waals surface area (Å²) in [4.78, 5) is 23.5. The lowest BCUT2D eigenvalue weighted by Gasteiger charge is -2.14. The van der Waals surface area contributed by atoms with Gasteiger partial charge < -0.3 is 14.7 Å². The molecule has 1 N–H and O–H groups in total. The molecule has 0 saturated heterocycles. The molecule has 0 bridgehead atoms. The molecule has 7 nitrogen and oxygen atoms in total. The third-order valence-electron chi connectivity index (χ3n) is 3.10. The number of rotatable bonds is 9. The number of sulfone groups is 1. The quantitative estimate of drug-likeness (QED) is 0.676. The van der Waals surface area contributed by atoms with Gasteiger partial charge in [-0.2, -0.15) is 0 Å². The fraction of sp³-hybridized carbons (Fsp3) is 0.467. The van der Waals surface area contributed by atoms with Crippen molar-refractivity contribution in [3.8, 4) is 5.75 Å². The highest BCUT2D eigenvalue weighted by atomic mass is 32.2. The highest BCUT2D eigenvalue weighted by Crippen LogP contribution is 2.16. The maximum Gasteiger partial charge on any atom is 0.323 e. The van der Waals surface area contributed by atoms with Crippen LogP contribution >= 0.6 is 0 Å². The Bertz CT molecular complexity index is 638. The minimum absolute atomic E-state index is 0.218. The number of carbonyl (C=O) groups excluding carboxylic acids is 1. The first-order valence-corrected chi connectivity index (χ1v) is 8.98. The Labute approximate surface area is 135 Å². The van der Waals surface area contributed by atoms with Crippen LogP contribution in [-0.4, -0.2) is 56.8 Å². The van der Waals surface area contributed by atoms with Gasteiger partial charge in [0.05, 0.1) is 11.5 Å². The molecule has 0 heterocycles. The third-order valence-corrected chi connectivity index (χ3v) is 4.23. The smallest absolute Gasteiger partial charge is 0.323 e. The molecule has 8 heteroatoms. The largest absolute Gasteiger partial charge is 0.494 e. The Morgan fingerprint density at radius 1 is 1.17 bits per heavy atom. The van der Waals surface area contributed by atoms with Crippen LogP contribution in [0.4, 0.5) is 0 Å². The lowest BCUT2D eigenvalue weighted by Crippen LogP contribution is -2.31. The van der Waals surface area contributed by atoms with E-state index < -0.39 is 15.8 Å². The molecule has 0 atom stereocenters. The maximum absolute atomic E-state index is 11.6. The second-order valence-electron chi connectivity index (χ2n) is 5.19. The number of carboxylic acids is 1. The van der Waals surface area contributed by atoms with Gasteiger partial charge in [-0.25, -0.2) is 8.42 Å². The SMILES string of the molecule is CN(CC(=O)O)C(=O)CCCCOc1ccc(S(C)(=O)=O)cc1. The van der Waals surface area contributed by atoms with Crippen LogP contribution < -0.4 is 4.74 Å². The molecule has 23 heavy (non-hydrogen) atoms. The second kappa shape index (κ2) is 8.52. The fourth-order valence-electron chi connectivity index (χ4n) is 1.83. The monoisotopic (exact) mass is 343 g/mol. The van der Waals surface area contributed by atoms with Crippen LogP contribution in [0, 0.1) is 0 Å². The zero-order valence-electron chi connectivity index (χ0n) is 13.2. The summed E-state index contributed by atoms with van der Waals surface area (Å²) in [6.45, 7) is 0.0934. The molecule has 0 aromatic heterocycles. The van der Waals surface area contributed by atoms with E-state index in [1.54, 1.807) is 12.1 Å². The number of carboxylic acid groups (broad SMARTS) is 1. The van der Waals surface area contributed by atoms with Crippen LogP contribution in [-0.2, 0) is 19.4 Å². The lowest BCUT2D eigenvalue weighted by atomic mass is 10.2. The van der Waals surface area contributed by atoms with Crippen molar-refractivity contribution in [2.45, 2.75) is 24.2 Å². The van der Waals surface area contributed by atoms with Crippen molar-refractivity contribution in [2.24, 2.45) is 0 Å². The molecule has 0 aliphatic rings. The fourth-order valence-corrected chi connectivity index (χ4v) is 2.46. The van der Waals surface area contributed by atoms with E-state index in [1.165, 1.54) is 24.1 Å². The van der Waals surface area contributed by atoms with E-state index in [0.717, 1.165) is 6.26 Å². The molecule has 1 amide bonds. The Hall–Kier alpha value is -2.09. The average Bonchev–Trinajstić information content (AvgIpc) is 2.45. The zero-order chi connectivity index (χ0) is 17.5. The van der Waals surface area contributed by atoms with E-state index in [9.17, 15) is 18.0 Å². The summed E-state index contributed by atoms with van der Waals surface area (Å²) in [6, 6.07) is 6.13. The van der Waals surface area contributed by atoms with Gasteiger partial charge in [0.25, 0.3) is 0 Å². The molecule has 0 aliphatic carbocycles. The Morgan fingerprint density at radius 2 is 1.78 bits per heavy atom.